The number of halogens is 1. The summed E-state index contributed by atoms with van der Waals surface area (Å²) in [6, 6.07) is 0. The molecule has 3 bridgehead atoms. The third-order valence-corrected chi connectivity index (χ3v) is 5.33. The van der Waals surface area contributed by atoms with Crippen LogP contribution in [0.3, 0.4) is 0 Å². The summed E-state index contributed by atoms with van der Waals surface area (Å²) < 4.78 is 5.45. The third-order valence-electron chi connectivity index (χ3n) is 4.62. The Hall–Kier alpha value is -0.240. The lowest BCUT2D eigenvalue weighted by Gasteiger charge is -2.40. The molecule has 15 heavy (non-hydrogen) atoms. The maximum Gasteiger partial charge on any atom is 0.302 e. The average molecular weight is 229 g/mol. The lowest BCUT2D eigenvalue weighted by molar-refractivity contribution is -0.153. The Labute approximate surface area is 95.3 Å². The van der Waals surface area contributed by atoms with Crippen molar-refractivity contribution in [3.05, 3.63) is 0 Å². The fourth-order valence-corrected chi connectivity index (χ4v) is 4.55. The summed E-state index contributed by atoms with van der Waals surface area (Å²) >= 11 is 6.46. The predicted octanol–water partition coefficient (Wildman–Crippen LogP) is 2.59. The van der Waals surface area contributed by atoms with Crippen LogP contribution in [0.2, 0.25) is 0 Å². The summed E-state index contributed by atoms with van der Waals surface area (Å²) in [6.07, 6.45) is 4.90. The van der Waals surface area contributed by atoms with E-state index in [4.69, 9.17) is 16.3 Å². The SMILES string of the molecule is CC(=O)OC1CC2CC3CC(CC31)C2Cl. The molecule has 84 valence electrons. The zero-order valence-corrected chi connectivity index (χ0v) is 9.74. The molecule has 6 atom stereocenters. The summed E-state index contributed by atoms with van der Waals surface area (Å²) in [5.74, 6) is 2.56. The van der Waals surface area contributed by atoms with E-state index in [2.05, 4.69) is 0 Å². The molecule has 3 aliphatic carbocycles. The lowest BCUT2D eigenvalue weighted by atomic mass is 9.70. The van der Waals surface area contributed by atoms with Crippen LogP contribution in [0.15, 0.2) is 0 Å². The Balaban J connectivity index is 1.82. The summed E-state index contributed by atoms with van der Waals surface area (Å²) in [4.78, 5) is 11.0. The minimum Gasteiger partial charge on any atom is -0.462 e. The van der Waals surface area contributed by atoms with Crippen LogP contribution >= 0.6 is 11.6 Å². The van der Waals surface area contributed by atoms with Crippen LogP contribution in [0, 0.1) is 23.7 Å². The number of rotatable bonds is 1. The minimum atomic E-state index is -0.129. The third kappa shape index (κ3) is 1.49. The van der Waals surface area contributed by atoms with Crippen LogP contribution in [0.1, 0.15) is 32.6 Å². The van der Waals surface area contributed by atoms with Gasteiger partial charge in [-0.05, 0) is 49.4 Å². The van der Waals surface area contributed by atoms with Gasteiger partial charge in [0, 0.05) is 12.3 Å². The highest BCUT2D eigenvalue weighted by Gasteiger charge is 2.53. The van der Waals surface area contributed by atoms with Gasteiger partial charge >= 0.3 is 5.97 Å². The molecule has 3 aliphatic rings. The largest absolute Gasteiger partial charge is 0.462 e. The highest BCUT2D eigenvalue weighted by molar-refractivity contribution is 6.21. The topological polar surface area (TPSA) is 26.3 Å². The van der Waals surface area contributed by atoms with Gasteiger partial charge in [-0.2, -0.15) is 0 Å². The van der Waals surface area contributed by atoms with Gasteiger partial charge in [-0.15, -0.1) is 11.6 Å². The van der Waals surface area contributed by atoms with Crippen LogP contribution in [0.5, 0.6) is 0 Å². The lowest BCUT2D eigenvalue weighted by Crippen LogP contribution is -2.39. The van der Waals surface area contributed by atoms with Gasteiger partial charge in [-0.25, -0.2) is 0 Å². The molecule has 3 rings (SSSR count). The Morgan fingerprint density at radius 1 is 1.13 bits per heavy atom. The monoisotopic (exact) mass is 228 g/mol. The van der Waals surface area contributed by atoms with Crippen molar-refractivity contribution in [3.8, 4) is 0 Å². The number of esters is 1. The van der Waals surface area contributed by atoms with Crippen molar-refractivity contribution < 1.29 is 9.53 Å². The molecule has 0 aromatic carbocycles. The van der Waals surface area contributed by atoms with Crippen LogP contribution in [-0.4, -0.2) is 17.5 Å². The second-order valence-corrected chi connectivity index (χ2v) is 5.98. The van der Waals surface area contributed by atoms with Gasteiger partial charge in [0.15, 0.2) is 0 Å². The molecule has 0 aromatic heterocycles. The summed E-state index contributed by atoms with van der Waals surface area (Å²) in [6.45, 7) is 1.52. The van der Waals surface area contributed by atoms with E-state index in [9.17, 15) is 4.79 Å². The van der Waals surface area contributed by atoms with Gasteiger partial charge in [0.2, 0.25) is 0 Å². The number of alkyl halides is 1. The van der Waals surface area contributed by atoms with Gasteiger partial charge in [-0.3, -0.25) is 4.79 Å². The molecule has 6 unspecified atom stereocenters. The standard InChI is InChI=1S/C12H17ClO2/c1-6(14)15-11-5-9-3-7-2-8(12(9)13)4-10(7)11/h7-12H,2-5H2,1H3. The number of ether oxygens (including phenoxy) is 1. The molecule has 3 saturated carbocycles. The molecule has 0 aromatic rings. The number of hydrogen-bond acceptors (Lipinski definition) is 2. The van der Waals surface area contributed by atoms with Gasteiger partial charge in [-0.1, -0.05) is 0 Å². The van der Waals surface area contributed by atoms with Gasteiger partial charge < -0.3 is 4.74 Å². The minimum absolute atomic E-state index is 0.129. The van der Waals surface area contributed by atoms with E-state index in [-0.39, 0.29) is 12.1 Å². The Morgan fingerprint density at radius 2 is 1.80 bits per heavy atom. The van der Waals surface area contributed by atoms with E-state index in [0.29, 0.717) is 23.1 Å². The summed E-state index contributed by atoms with van der Waals surface area (Å²) in [7, 11) is 0. The van der Waals surface area contributed by atoms with Crippen LogP contribution in [0.25, 0.3) is 0 Å². The average Bonchev–Trinajstić information content (AvgIpc) is 2.49. The first kappa shape index (κ1) is 9.95. The first-order valence-corrected chi connectivity index (χ1v) is 6.40. The van der Waals surface area contributed by atoms with Gasteiger partial charge in [0.25, 0.3) is 0 Å². The smallest absolute Gasteiger partial charge is 0.302 e. The quantitative estimate of drug-likeness (QED) is 0.510. The first-order valence-electron chi connectivity index (χ1n) is 5.96. The molecule has 0 amide bonds. The first-order chi connectivity index (χ1) is 7.15. The molecule has 3 fully saturated rings. The van der Waals surface area contributed by atoms with Crippen molar-refractivity contribution in [1.82, 2.24) is 0 Å². The van der Waals surface area contributed by atoms with E-state index >= 15 is 0 Å². The normalized spacial score (nSPS) is 51.9. The molecule has 0 radical (unpaired) electrons. The summed E-state index contributed by atoms with van der Waals surface area (Å²) in [5, 5.41) is 0.340. The van der Waals surface area contributed by atoms with Crippen LogP contribution in [-0.2, 0) is 9.53 Å². The maximum atomic E-state index is 11.0. The second-order valence-electron chi connectivity index (χ2n) is 5.48. The zero-order chi connectivity index (χ0) is 10.6. The second kappa shape index (κ2) is 3.38. The zero-order valence-electron chi connectivity index (χ0n) is 8.99. The Morgan fingerprint density at radius 3 is 2.47 bits per heavy atom. The maximum absolute atomic E-state index is 11.0. The van der Waals surface area contributed by atoms with E-state index in [1.165, 1.54) is 26.2 Å². The molecule has 2 nitrogen and oxygen atoms in total. The molecule has 0 spiro atoms. The Bertz CT molecular complexity index is 291. The number of hydrogen-bond donors (Lipinski definition) is 0. The van der Waals surface area contributed by atoms with Crippen LogP contribution in [0.4, 0.5) is 0 Å². The van der Waals surface area contributed by atoms with E-state index in [1.807, 2.05) is 0 Å². The fourth-order valence-electron chi connectivity index (χ4n) is 4.14. The highest BCUT2D eigenvalue weighted by atomic mass is 35.5. The van der Waals surface area contributed by atoms with E-state index in [0.717, 1.165) is 12.3 Å². The number of fused-ring (bicyclic) bond motifs is 2. The van der Waals surface area contributed by atoms with E-state index in [1.54, 1.807) is 0 Å². The molecule has 3 heteroatoms. The molecular formula is C12H17ClO2. The number of carbonyl (C=O) groups excluding carboxylic acids is 1. The van der Waals surface area contributed by atoms with E-state index < -0.39 is 0 Å². The highest BCUT2D eigenvalue weighted by Crippen LogP contribution is 2.57. The molecule has 0 aliphatic heterocycles. The van der Waals surface area contributed by atoms with Crippen molar-refractivity contribution in [2.24, 2.45) is 23.7 Å². The van der Waals surface area contributed by atoms with Crippen molar-refractivity contribution >= 4 is 17.6 Å². The molecule has 0 saturated heterocycles. The predicted molar refractivity (Wildman–Crippen MR) is 57.6 cm³/mol. The van der Waals surface area contributed by atoms with Crippen molar-refractivity contribution in [2.75, 3.05) is 0 Å². The summed E-state index contributed by atoms with van der Waals surface area (Å²) in [5.41, 5.74) is 0. The van der Waals surface area contributed by atoms with Crippen LogP contribution < -0.4 is 0 Å². The van der Waals surface area contributed by atoms with Gasteiger partial charge in [0.05, 0.1) is 0 Å². The molecular weight excluding hydrogens is 212 g/mol. The molecule has 0 heterocycles. The fraction of sp³-hybridized carbons (Fsp3) is 0.917. The van der Waals surface area contributed by atoms with Gasteiger partial charge in [0.1, 0.15) is 6.10 Å². The Kier molecular flexibility index (Phi) is 2.24. The number of carbonyl (C=O) groups is 1. The van der Waals surface area contributed by atoms with Crippen molar-refractivity contribution in [3.63, 3.8) is 0 Å². The molecule has 0 N–H and O–H groups in total. The van der Waals surface area contributed by atoms with Crippen molar-refractivity contribution in [1.29, 1.82) is 0 Å². The van der Waals surface area contributed by atoms with Crippen molar-refractivity contribution in [2.45, 2.75) is 44.1 Å².